The third-order valence-electron chi connectivity index (χ3n) is 4.06. The van der Waals surface area contributed by atoms with E-state index in [2.05, 4.69) is 13.8 Å². The van der Waals surface area contributed by atoms with Gasteiger partial charge in [0.15, 0.2) is 0 Å². The van der Waals surface area contributed by atoms with Crippen molar-refractivity contribution in [3.05, 3.63) is 0 Å². The largest absolute Gasteiger partial charge is 0.463 e. The number of ether oxygens (including phenoxy) is 1. The summed E-state index contributed by atoms with van der Waals surface area (Å²) < 4.78 is 5.19. The van der Waals surface area contributed by atoms with E-state index < -0.39 is 0 Å². The maximum absolute atomic E-state index is 12.2. The van der Waals surface area contributed by atoms with Crippen molar-refractivity contribution in [2.24, 2.45) is 11.8 Å². The summed E-state index contributed by atoms with van der Waals surface area (Å²) in [6.45, 7) is 7.52. The molecule has 0 saturated heterocycles. The first kappa shape index (κ1) is 17.0. The molecule has 4 nitrogen and oxygen atoms in total. The Hall–Kier alpha value is -1.06. The molecule has 0 aromatic heterocycles. The highest BCUT2D eigenvalue weighted by atomic mass is 16.5. The van der Waals surface area contributed by atoms with Gasteiger partial charge in [-0.05, 0) is 25.2 Å². The molecule has 2 atom stereocenters. The summed E-state index contributed by atoms with van der Waals surface area (Å²) in [5, 5.41) is 0. The Morgan fingerprint density at radius 1 is 1.25 bits per heavy atom. The number of hydrogen-bond acceptors (Lipinski definition) is 3. The molecule has 1 amide bonds. The molecule has 0 N–H and O–H groups in total. The van der Waals surface area contributed by atoms with Gasteiger partial charge in [0, 0.05) is 32.9 Å². The van der Waals surface area contributed by atoms with Crippen LogP contribution >= 0.6 is 0 Å². The number of rotatable bonds is 8. The summed E-state index contributed by atoms with van der Waals surface area (Å²) in [5.74, 6) is 1.08. The topological polar surface area (TPSA) is 46.6 Å². The van der Waals surface area contributed by atoms with Gasteiger partial charge in [-0.25, -0.2) is 0 Å². The molecule has 0 bridgehead atoms. The molecule has 1 fully saturated rings. The summed E-state index contributed by atoms with van der Waals surface area (Å²) in [4.78, 5) is 25.1. The van der Waals surface area contributed by atoms with Crippen molar-refractivity contribution in [1.82, 2.24) is 4.90 Å². The van der Waals surface area contributed by atoms with Gasteiger partial charge in [0.25, 0.3) is 0 Å². The quantitative estimate of drug-likeness (QED) is 0.643. The first-order valence-electron chi connectivity index (χ1n) is 7.74. The van der Waals surface area contributed by atoms with Crippen LogP contribution in [0.1, 0.15) is 59.8 Å². The van der Waals surface area contributed by atoms with Crippen LogP contribution in [0.15, 0.2) is 0 Å². The average molecular weight is 283 g/mol. The van der Waals surface area contributed by atoms with Gasteiger partial charge in [-0.3, -0.25) is 9.59 Å². The molecular formula is C16H29NO3. The SMILES string of the molecule is CC(=O)O[C@@H](C)CC(C(C)C)N(C)C(=O)CCC1CC1. The fourth-order valence-electron chi connectivity index (χ4n) is 2.64. The van der Waals surface area contributed by atoms with E-state index in [0.717, 1.165) is 12.3 Å². The van der Waals surface area contributed by atoms with Gasteiger partial charge in [-0.1, -0.05) is 26.7 Å². The summed E-state index contributed by atoms with van der Waals surface area (Å²) in [5.41, 5.74) is 0. The van der Waals surface area contributed by atoms with Crippen LogP contribution in [0.2, 0.25) is 0 Å². The van der Waals surface area contributed by atoms with Crippen LogP contribution in [0.3, 0.4) is 0 Å². The van der Waals surface area contributed by atoms with Crippen LogP contribution in [0.25, 0.3) is 0 Å². The van der Waals surface area contributed by atoms with E-state index >= 15 is 0 Å². The molecule has 20 heavy (non-hydrogen) atoms. The van der Waals surface area contributed by atoms with Gasteiger partial charge in [0.2, 0.25) is 5.91 Å². The third kappa shape index (κ3) is 5.93. The Balaban J connectivity index is 2.49. The summed E-state index contributed by atoms with van der Waals surface area (Å²) in [7, 11) is 1.88. The zero-order chi connectivity index (χ0) is 15.3. The number of nitrogens with zero attached hydrogens (tertiary/aromatic N) is 1. The number of carbonyl (C=O) groups excluding carboxylic acids is 2. The van der Waals surface area contributed by atoms with Crippen LogP contribution in [-0.2, 0) is 14.3 Å². The standard InChI is InChI=1S/C16H29NO3/c1-11(2)15(10-12(3)20-13(4)18)17(5)16(19)9-8-14-6-7-14/h11-12,14-15H,6-10H2,1-5H3/t12-,15?/m0/s1. The zero-order valence-electron chi connectivity index (χ0n) is 13.5. The fraction of sp³-hybridized carbons (Fsp3) is 0.875. The average Bonchev–Trinajstić information content (AvgIpc) is 3.14. The van der Waals surface area contributed by atoms with Gasteiger partial charge < -0.3 is 9.64 Å². The lowest BCUT2D eigenvalue weighted by atomic mass is 9.96. The fourth-order valence-corrected chi connectivity index (χ4v) is 2.64. The predicted octanol–water partition coefficient (Wildman–Crippen LogP) is 3.00. The molecular weight excluding hydrogens is 254 g/mol. The maximum atomic E-state index is 12.2. The van der Waals surface area contributed by atoms with Crippen LogP contribution in [0.5, 0.6) is 0 Å². The summed E-state index contributed by atoms with van der Waals surface area (Å²) in [6, 6.07) is 0.121. The van der Waals surface area contributed by atoms with Gasteiger partial charge in [0.05, 0.1) is 0 Å². The molecule has 4 heteroatoms. The monoisotopic (exact) mass is 283 g/mol. The molecule has 116 valence electrons. The van der Waals surface area contributed by atoms with E-state index in [1.165, 1.54) is 19.8 Å². The minimum absolute atomic E-state index is 0.121. The van der Waals surface area contributed by atoms with Gasteiger partial charge >= 0.3 is 5.97 Å². The molecule has 0 aromatic rings. The molecule has 1 saturated carbocycles. The zero-order valence-corrected chi connectivity index (χ0v) is 13.5. The normalized spacial score (nSPS) is 17.7. The first-order chi connectivity index (χ1) is 9.31. The van der Waals surface area contributed by atoms with Gasteiger partial charge in [-0.15, -0.1) is 0 Å². The second-order valence-corrected chi connectivity index (χ2v) is 6.45. The summed E-state index contributed by atoms with van der Waals surface area (Å²) in [6.07, 6.45) is 4.78. The molecule has 1 aliphatic rings. The number of esters is 1. The number of carbonyl (C=O) groups is 2. The smallest absolute Gasteiger partial charge is 0.302 e. The summed E-state index contributed by atoms with van der Waals surface area (Å²) >= 11 is 0. The van der Waals surface area contributed by atoms with Gasteiger partial charge in [0.1, 0.15) is 6.10 Å². The molecule has 0 radical (unpaired) electrons. The van der Waals surface area contributed by atoms with Crippen LogP contribution in [0, 0.1) is 11.8 Å². The second-order valence-electron chi connectivity index (χ2n) is 6.45. The predicted molar refractivity (Wildman–Crippen MR) is 79.2 cm³/mol. The van der Waals surface area contributed by atoms with E-state index in [1.807, 2.05) is 18.9 Å². The van der Waals surface area contributed by atoms with E-state index in [4.69, 9.17) is 4.74 Å². The minimum atomic E-state index is -0.261. The van der Waals surface area contributed by atoms with E-state index in [-0.39, 0.29) is 24.0 Å². The van der Waals surface area contributed by atoms with Crippen molar-refractivity contribution in [2.45, 2.75) is 71.9 Å². The Labute approximate surface area is 122 Å². The highest BCUT2D eigenvalue weighted by Crippen LogP contribution is 2.33. The van der Waals surface area contributed by atoms with Crippen LogP contribution in [-0.4, -0.2) is 36.0 Å². The van der Waals surface area contributed by atoms with Gasteiger partial charge in [-0.2, -0.15) is 0 Å². The molecule has 1 aliphatic carbocycles. The Morgan fingerprint density at radius 2 is 1.85 bits per heavy atom. The van der Waals surface area contributed by atoms with Crippen molar-refractivity contribution < 1.29 is 14.3 Å². The van der Waals surface area contributed by atoms with Crippen molar-refractivity contribution in [3.63, 3.8) is 0 Å². The molecule has 0 spiro atoms. The van der Waals surface area contributed by atoms with E-state index in [9.17, 15) is 9.59 Å². The molecule has 0 aromatic carbocycles. The third-order valence-corrected chi connectivity index (χ3v) is 4.06. The lowest BCUT2D eigenvalue weighted by Crippen LogP contribution is -2.42. The van der Waals surface area contributed by atoms with Crippen molar-refractivity contribution in [1.29, 1.82) is 0 Å². The van der Waals surface area contributed by atoms with Crippen molar-refractivity contribution >= 4 is 11.9 Å². The van der Waals surface area contributed by atoms with Crippen molar-refractivity contribution in [3.8, 4) is 0 Å². The highest BCUT2D eigenvalue weighted by Gasteiger charge is 2.28. The Bertz CT molecular complexity index is 337. The Morgan fingerprint density at radius 3 is 2.30 bits per heavy atom. The van der Waals surface area contributed by atoms with Crippen LogP contribution < -0.4 is 0 Å². The molecule has 1 rings (SSSR count). The van der Waals surface area contributed by atoms with E-state index in [1.54, 1.807) is 0 Å². The highest BCUT2D eigenvalue weighted by molar-refractivity contribution is 5.76. The maximum Gasteiger partial charge on any atom is 0.302 e. The molecule has 0 aliphatic heterocycles. The second kappa shape index (κ2) is 7.65. The minimum Gasteiger partial charge on any atom is -0.463 e. The number of amides is 1. The lowest BCUT2D eigenvalue weighted by molar-refractivity contribution is -0.147. The number of hydrogen-bond donors (Lipinski definition) is 0. The first-order valence-corrected chi connectivity index (χ1v) is 7.74. The Kier molecular flexibility index (Phi) is 6.50. The van der Waals surface area contributed by atoms with Crippen molar-refractivity contribution in [2.75, 3.05) is 7.05 Å². The molecule has 1 unspecified atom stereocenters. The van der Waals surface area contributed by atoms with Crippen LogP contribution in [0.4, 0.5) is 0 Å². The lowest BCUT2D eigenvalue weighted by Gasteiger charge is -2.33. The van der Waals surface area contributed by atoms with E-state index in [0.29, 0.717) is 18.8 Å². The molecule has 0 heterocycles.